The van der Waals surface area contributed by atoms with Gasteiger partial charge in [-0.15, -0.1) is 0 Å². The summed E-state index contributed by atoms with van der Waals surface area (Å²) >= 11 is 0. The molecular formula is C16H16F2N2. The Morgan fingerprint density at radius 2 is 1.85 bits per heavy atom. The average molecular weight is 274 g/mol. The van der Waals surface area contributed by atoms with Crippen LogP contribution < -0.4 is 0 Å². The molecule has 1 aromatic carbocycles. The highest BCUT2D eigenvalue weighted by Crippen LogP contribution is 2.24. The van der Waals surface area contributed by atoms with E-state index in [9.17, 15) is 8.78 Å². The van der Waals surface area contributed by atoms with Crippen molar-refractivity contribution in [3.8, 4) is 11.1 Å². The van der Waals surface area contributed by atoms with Crippen molar-refractivity contribution < 1.29 is 8.78 Å². The molecule has 2 heterocycles. The summed E-state index contributed by atoms with van der Waals surface area (Å²) in [5.74, 6) is -1.11. The van der Waals surface area contributed by atoms with Gasteiger partial charge in [0, 0.05) is 36.1 Å². The van der Waals surface area contributed by atoms with Gasteiger partial charge in [-0.05, 0) is 49.7 Å². The lowest BCUT2D eigenvalue weighted by atomic mass is 10.1. The summed E-state index contributed by atoms with van der Waals surface area (Å²) in [5.41, 5.74) is 2.15. The van der Waals surface area contributed by atoms with E-state index < -0.39 is 11.6 Å². The second-order valence-electron chi connectivity index (χ2n) is 5.19. The Morgan fingerprint density at radius 1 is 1.05 bits per heavy atom. The maximum Gasteiger partial charge on any atom is 0.133 e. The van der Waals surface area contributed by atoms with Crippen molar-refractivity contribution in [3.05, 3.63) is 53.9 Å². The van der Waals surface area contributed by atoms with Crippen molar-refractivity contribution in [1.29, 1.82) is 0 Å². The Hall–Kier alpha value is -1.81. The van der Waals surface area contributed by atoms with Crippen molar-refractivity contribution in [2.75, 3.05) is 13.1 Å². The zero-order valence-electron chi connectivity index (χ0n) is 11.1. The lowest BCUT2D eigenvalue weighted by Gasteiger charge is -2.14. The first-order valence-corrected chi connectivity index (χ1v) is 6.84. The van der Waals surface area contributed by atoms with Gasteiger partial charge in [-0.2, -0.15) is 0 Å². The van der Waals surface area contributed by atoms with Crippen LogP contribution in [0.2, 0.25) is 0 Å². The van der Waals surface area contributed by atoms with Gasteiger partial charge in [0.1, 0.15) is 11.6 Å². The first-order chi connectivity index (χ1) is 9.72. The lowest BCUT2D eigenvalue weighted by molar-refractivity contribution is 0.331. The van der Waals surface area contributed by atoms with Crippen LogP contribution in [0.3, 0.4) is 0 Å². The minimum atomic E-state index is -0.563. The van der Waals surface area contributed by atoms with E-state index in [2.05, 4.69) is 9.88 Å². The predicted octanol–water partition coefficient (Wildman–Crippen LogP) is 3.62. The molecule has 0 spiro atoms. The second kappa shape index (κ2) is 5.67. The van der Waals surface area contributed by atoms with Crippen LogP contribution in [0.25, 0.3) is 11.1 Å². The summed E-state index contributed by atoms with van der Waals surface area (Å²) in [6.45, 7) is 3.05. The van der Waals surface area contributed by atoms with Gasteiger partial charge in [-0.25, -0.2) is 8.78 Å². The first-order valence-electron chi connectivity index (χ1n) is 6.84. The van der Waals surface area contributed by atoms with E-state index in [0.717, 1.165) is 31.3 Å². The monoisotopic (exact) mass is 274 g/mol. The Morgan fingerprint density at radius 3 is 2.60 bits per heavy atom. The molecule has 0 bridgehead atoms. The quantitative estimate of drug-likeness (QED) is 0.849. The zero-order valence-corrected chi connectivity index (χ0v) is 11.1. The molecule has 20 heavy (non-hydrogen) atoms. The van der Waals surface area contributed by atoms with E-state index in [0.29, 0.717) is 11.1 Å². The Balaban J connectivity index is 1.86. The van der Waals surface area contributed by atoms with E-state index in [1.54, 1.807) is 6.20 Å². The van der Waals surface area contributed by atoms with Gasteiger partial charge in [0.05, 0.1) is 0 Å². The fourth-order valence-corrected chi connectivity index (χ4v) is 2.64. The fraction of sp³-hybridized carbons (Fsp3) is 0.312. The van der Waals surface area contributed by atoms with Crippen LogP contribution >= 0.6 is 0 Å². The average Bonchev–Trinajstić information content (AvgIpc) is 2.92. The molecule has 2 aromatic rings. The molecule has 0 amide bonds. The van der Waals surface area contributed by atoms with Crippen molar-refractivity contribution in [2.24, 2.45) is 0 Å². The molecule has 0 saturated carbocycles. The Labute approximate surface area is 117 Å². The SMILES string of the molecule is Fc1ccc(-c2cncc(CN3CCCC3)c2)c(F)c1. The molecule has 0 atom stereocenters. The van der Waals surface area contributed by atoms with Crippen molar-refractivity contribution in [1.82, 2.24) is 9.88 Å². The van der Waals surface area contributed by atoms with Gasteiger partial charge in [0.25, 0.3) is 0 Å². The van der Waals surface area contributed by atoms with Gasteiger partial charge in [0.2, 0.25) is 0 Å². The third-order valence-electron chi connectivity index (χ3n) is 3.64. The van der Waals surface area contributed by atoms with Crippen LogP contribution in [-0.4, -0.2) is 23.0 Å². The standard InChI is InChI=1S/C16H16F2N2/c17-14-3-4-15(16(18)8-14)13-7-12(9-19-10-13)11-20-5-1-2-6-20/h3-4,7-10H,1-2,5-6,11H2. The molecular weight excluding hydrogens is 258 g/mol. The molecule has 1 aliphatic heterocycles. The number of hydrogen-bond acceptors (Lipinski definition) is 2. The molecule has 0 radical (unpaired) electrons. The summed E-state index contributed by atoms with van der Waals surface area (Å²) in [6.07, 6.45) is 5.90. The van der Waals surface area contributed by atoms with Crippen LogP contribution in [0.5, 0.6) is 0 Å². The highest BCUT2D eigenvalue weighted by atomic mass is 19.1. The fourth-order valence-electron chi connectivity index (χ4n) is 2.64. The summed E-state index contributed by atoms with van der Waals surface area (Å²) in [4.78, 5) is 6.54. The first kappa shape index (κ1) is 13.2. The lowest BCUT2D eigenvalue weighted by Crippen LogP contribution is -2.18. The zero-order chi connectivity index (χ0) is 13.9. The van der Waals surface area contributed by atoms with Crippen LogP contribution in [0, 0.1) is 11.6 Å². The topological polar surface area (TPSA) is 16.1 Å². The van der Waals surface area contributed by atoms with E-state index in [-0.39, 0.29) is 0 Å². The minimum Gasteiger partial charge on any atom is -0.299 e. The summed E-state index contributed by atoms with van der Waals surface area (Å²) in [5, 5.41) is 0. The molecule has 4 heteroatoms. The number of hydrogen-bond donors (Lipinski definition) is 0. The molecule has 3 rings (SSSR count). The maximum atomic E-state index is 13.8. The maximum absolute atomic E-state index is 13.8. The molecule has 0 N–H and O–H groups in total. The number of aromatic nitrogens is 1. The summed E-state index contributed by atoms with van der Waals surface area (Å²) < 4.78 is 26.7. The third kappa shape index (κ3) is 2.85. The van der Waals surface area contributed by atoms with Gasteiger partial charge in [0.15, 0.2) is 0 Å². The van der Waals surface area contributed by atoms with Crippen LogP contribution in [0.15, 0.2) is 36.7 Å². The Bertz CT molecular complexity index is 607. The molecule has 2 nitrogen and oxygen atoms in total. The smallest absolute Gasteiger partial charge is 0.133 e. The van der Waals surface area contributed by atoms with Gasteiger partial charge in [-0.1, -0.05) is 0 Å². The van der Waals surface area contributed by atoms with Gasteiger partial charge >= 0.3 is 0 Å². The number of benzene rings is 1. The molecule has 104 valence electrons. The predicted molar refractivity (Wildman–Crippen MR) is 74.1 cm³/mol. The van der Waals surface area contributed by atoms with E-state index in [1.807, 2.05) is 12.3 Å². The van der Waals surface area contributed by atoms with Gasteiger partial charge < -0.3 is 0 Å². The highest BCUT2D eigenvalue weighted by Gasteiger charge is 2.13. The van der Waals surface area contributed by atoms with Gasteiger partial charge in [-0.3, -0.25) is 9.88 Å². The van der Waals surface area contributed by atoms with Crippen molar-refractivity contribution in [3.63, 3.8) is 0 Å². The van der Waals surface area contributed by atoms with E-state index in [4.69, 9.17) is 0 Å². The summed E-state index contributed by atoms with van der Waals surface area (Å²) in [7, 11) is 0. The van der Waals surface area contributed by atoms with Crippen molar-refractivity contribution >= 4 is 0 Å². The molecule has 0 aliphatic carbocycles. The number of likely N-dealkylation sites (tertiary alicyclic amines) is 1. The Kier molecular flexibility index (Phi) is 3.74. The largest absolute Gasteiger partial charge is 0.299 e. The molecule has 1 aliphatic rings. The number of halogens is 2. The summed E-state index contributed by atoms with van der Waals surface area (Å²) in [6, 6.07) is 5.57. The molecule has 1 saturated heterocycles. The normalized spacial score (nSPS) is 15.7. The number of pyridine rings is 1. The highest BCUT2D eigenvalue weighted by molar-refractivity contribution is 5.63. The minimum absolute atomic E-state index is 0.391. The van der Waals surface area contributed by atoms with E-state index >= 15 is 0 Å². The molecule has 0 unspecified atom stereocenters. The molecule has 1 aromatic heterocycles. The van der Waals surface area contributed by atoms with Crippen LogP contribution in [0.4, 0.5) is 8.78 Å². The van der Waals surface area contributed by atoms with Crippen molar-refractivity contribution in [2.45, 2.75) is 19.4 Å². The van der Waals surface area contributed by atoms with E-state index in [1.165, 1.54) is 25.0 Å². The molecule has 1 fully saturated rings. The third-order valence-corrected chi connectivity index (χ3v) is 3.64. The number of nitrogens with zero attached hydrogens (tertiary/aromatic N) is 2. The van der Waals surface area contributed by atoms with Crippen LogP contribution in [0.1, 0.15) is 18.4 Å². The number of rotatable bonds is 3. The van der Waals surface area contributed by atoms with Crippen LogP contribution in [-0.2, 0) is 6.54 Å². The second-order valence-corrected chi connectivity index (χ2v) is 5.19.